The molecule has 78 heavy (non-hydrogen) atoms. The Labute approximate surface area is 482 Å². The SMILES string of the molecule is CC/C=C\C/C=C\C/C=C\C/C=C\C/C=C\C/C=C\C/C=C\C/C=C\CCCCCCCCC(=O)OCC(COC(=O)CCCCCCCCCCCCCCC)OC(=O)CCCCCCC/C=C\CCCCCCCCC. The van der Waals surface area contributed by atoms with E-state index in [4.69, 9.17) is 14.2 Å². The van der Waals surface area contributed by atoms with Gasteiger partial charge in [-0.1, -0.05) is 291 Å². The van der Waals surface area contributed by atoms with Crippen LogP contribution in [0.4, 0.5) is 0 Å². The molecule has 0 saturated carbocycles. The molecule has 0 aromatic heterocycles. The van der Waals surface area contributed by atoms with Gasteiger partial charge in [0.2, 0.25) is 0 Å². The molecule has 0 bridgehead atoms. The third-order valence-electron chi connectivity index (χ3n) is 14.0. The maximum atomic E-state index is 12.9. The zero-order valence-corrected chi connectivity index (χ0v) is 51.2. The number of carbonyl (C=O) groups is 3. The summed E-state index contributed by atoms with van der Waals surface area (Å²) in [7, 11) is 0. The number of rotatable bonds is 59. The average Bonchev–Trinajstić information content (AvgIpc) is 3.44. The molecule has 0 rings (SSSR count). The van der Waals surface area contributed by atoms with E-state index in [9.17, 15) is 14.4 Å². The van der Waals surface area contributed by atoms with E-state index in [-0.39, 0.29) is 31.1 Å². The summed E-state index contributed by atoms with van der Waals surface area (Å²) < 4.78 is 16.9. The highest BCUT2D eigenvalue weighted by Crippen LogP contribution is 2.16. The molecule has 6 nitrogen and oxygen atoms in total. The van der Waals surface area contributed by atoms with E-state index < -0.39 is 6.10 Å². The lowest BCUT2D eigenvalue weighted by molar-refractivity contribution is -0.167. The van der Waals surface area contributed by atoms with Crippen molar-refractivity contribution in [3.8, 4) is 0 Å². The van der Waals surface area contributed by atoms with Crippen LogP contribution in [0.3, 0.4) is 0 Å². The van der Waals surface area contributed by atoms with Crippen molar-refractivity contribution in [3.63, 3.8) is 0 Å². The molecule has 1 atom stereocenters. The van der Waals surface area contributed by atoms with Crippen LogP contribution < -0.4 is 0 Å². The van der Waals surface area contributed by atoms with E-state index in [0.29, 0.717) is 19.3 Å². The minimum absolute atomic E-state index is 0.0836. The van der Waals surface area contributed by atoms with Crippen molar-refractivity contribution in [2.45, 2.75) is 316 Å². The van der Waals surface area contributed by atoms with E-state index in [2.05, 4.69) is 130 Å². The molecule has 1 unspecified atom stereocenters. The monoisotopic (exact) mass is 1080 g/mol. The Morgan fingerprint density at radius 1 is 0.269 bits per heavy atom. The smallest absolute Gasteiger partial charge is 0.306 e. The first kappa shape index (κ1) is 74.1. The fraction of sp³-hybridized carbons (Fsp3) is 0.708. The Hall–Kier alpha value is -3.93. The van der Waals surface area contributed by atoms with Gasteiger partial charge in [0, 0.05) is 19.3 Å². The first-order valence-corrected chi connectivity index (χ1v) is 32.9. The third-order valence-corrected chi connectivity index (χ3v) is 14.0. The molecule has 0 aliphatic rings. The summed E-state index contributed by atoms with van der Waals surface area (Å²) in [6, 6.07) is 0. The minimum Gasteiger partial charge on any atom is -0.462 e. The maximum absolute atomic E-state index is 12.9. The number of ether oxygens (including phenoxy) is 3. The van der Waals surface area contributed by atoms with Crippen molar-refractivity contribution in [1.29, 1.82) is 0 Å². The van der Waals surface area contributed by atoms with Crippen molar-refractivity contribution >= 4 is 17.9 Å². The topological polar surface area (TPSA) is 78.9 Å². The molecule has 0 aromatic carbocycles. The molecule has 6 heteroatoms. The summed E-state index contributed by atoms with van der Waals surface area (Å²) in [5.74, 6) is -0.898. The van der Waals surface area contributed by atoms with Gasteiger partial charge in [0.1, 0.15) is 13.2 Å². The summed E-state index contributed by atoms with van der Waals surface area (Å²) in [4.78, 5) is 38.3. The molecule has 0 spiro atoms. The standard InChI is InChI=1S/C72H122O6/c1-4-7-10-13-16-19-22-25-27-29-30-31-32-33-34-35-36-37-38-39-40-41-42-43-45-47-50-53-56-59-62-65-71(74)77-68-69(67-76-70(73)64-61-58-55-52-49-46-24-21-18-15-12-9-6-3)78-72(75)66-63-60-57-54-51-48-44-28-26-23-20-17-14-11-8-5-2/h7,10,16,19,25,27-28,30-31,33-34,36-37,39-40,42-44,69H,4-6,8-9,11-15,17-18,20-24,26,29,32,35,38,41,45-68H2,1-3H3/b10-7-,19-16-,27-25-,31-30-,34-33-,37-36-,40-39-,43-42-,44-28-. The highest BCUT2D eigenvalue weighted by molar-refractivity contribution is 5.71. The van der Waals surface area contributed by atoms with Crippen LogP contribution in [0.15, 0.2) is 109 Å². The Kier molecular flexibility index (Phi) is 62.3. The molecule has 0 N–H and O–H groups in total. The molecule has 0 radical (unpaired) electrons. The van der Waals surface area contributed by atoms with Crippen LogP contribution in [0, 0.1) is 0 Å². The maximum Gasteiger partial charge on any atom is 0.306 e. The molecule has 0 saturated heterocycles. The van der Waals surface area contributed by atoms with Crippen molar-refractivity contribution in [2.75, 3.05) is 13.2 Å². The van der Waals surface area contributed by atoms with Crippen LogP contribution in [0.2, 0.25) is 0 Å². The van der Waals surface area contributed by atoms with Crippen molar-refractivity contribution < 1.29 is 28.6 Å². The van der Waals surface area contributed by atoms with Gasteiger partial charge in [0.25, 0.3) is 0 Å². The van der Waals surface area contributed by atoms with Gasteiger partial charge in [-0.2, -0.15) is 0 Å². The lowest BCUT2D eigenvalue weighted by Crippen LogP contribution is -2.30. The third kappa shape index (κ3) is 62.9. The molecule has 0 amide bonds. The zero-order chi connectivity index (χ0) is 56.4. The number of unbranched alkanes of at least 4 members (excludes halogenated alkanes) is 30. The molecule has 0 fully saturated rings. The summed E-state index contributed by atoms with van der Waals surface area (Å²) >= 11 is 0. The van der Waals surface area contributed by atoms with Gasteiger partial charge in [-0.05, 0) is 109 Å². The minimum atomic E-state index is -0.789. The summed E-state index contributed by atoms with van der Waals surface area (Å²) in [5.41, 5.74) is 0. The average molecular weight is 1080 g/mol. The molecule has 446 valence electrons. The van der Waals surface area contributed by atoms with Gasteiger partial charge >= 0.3 is 17.9 Å². The fourth-order valence-electron chi connectivity index (χ4n) is 9.10. The van der Waals surface area contributed by atoms with Crippen molar-refractivity contribution in [3.05, 3.63) is 109 Å². The number of hydrogen-bond donors (Lipinski definition) is 0. The van der Waals surface area contributed by atoms with Gasteiger partial charge in [-0.25, -0.2) is 0 Å². The lowest BCUT2D eigenvalue weighted by Gasteiger charge is -2.18. The highest BCUT2D eigenvalue weighted by atomic mass is 16.6. The van der Waals surface area contributed by atoms with Crippen molar-refractivity contribution in [2.24, 2.45) is 0 Å². The first-order valence-electron chi connectivity index (χ1n) is 32.9. The van der Waals surface area contributed by atoms with Gasteiger partial charge in [0.15, 0.2) is 6.10 Å². The molecule has 0 aliphatic heterocycles. The van der Waals surface area contributed by atoms with Crippen LogP contribution in [0.5, 0.6) is 0 Å². The Balaban J connectivity index is 4.32. The van der Waals surface area contributed by atoms with Crippen LogP contribution in [-0.2, 0) is 28.6 Å². The summed E-state index contributed by atoms with van der Waals surface area (Å²) in [5, 5.41) is 0. The normalized spacial score (nSPS) is 12.8. The molecular formula is C72H122O6. The second-order valence-electron chi connectivity index (χ2n) is 21.6. The van der Waals surface area contributed by atoms with Gasteiger partial charge in [-0.15, -0.1) is 0 Å². The van der Waals surface area contributed by atoms with Gasteiger partial charge in [0.05, 0.1) is 0 Å². The number of carbonyl (C=O) groups excluding carboxylic acids is 3. The molecule has 0 heterocycles. The number of hydrogen-bond acceptors (Lipinski definition) is 6. The highest BCUT2D eigenvalue weighted by Gasteiger charge is 2.19. The zero-order valence-electron chi connectivity index (χ0n) is 51.2. The Morgan fingerprint density at radius 2 is 0.500 bits per heavy atom. The van der Waals surface area contributed by atoms with Crippen molar-refractivity contribution in [1.82, 2.24) is 0 Å². The Bertz CT molecular complexity index is 1570. The summed E-state index contributed by atoms with van der Waals surface area (Å²) in [6.45, 7) is 6.53. The first-order chi connectivity index (χ1) is 38.5. The van der Waals surface area contributed by atoms with E-state index in [1.165, 1.54) is 135 Å². The molecule has 0 aliphatic carbocycles. The quantitative estimate of drug-likeness (QED) is 0.0261. The van der Waals surface area contributed by atoms with E-state index in [1.807, 2.05) is 0 Å². The second-order valence-corrected chi connectivity index (χ2v) is 21.6. The number of allylic oxidation sites excluding steroid dienone is 18. The van der Waals surface area contributed by atoms with Gasteiger partial charge < -0.3 is 14.2 Å². The van der Waals surface area contributed by atoms with E-state index in [0.717, 1.165) is 135 Å². The van der Waals surface area contributed by atoms with E-state index >= 15 is 0 Å². The largest absolute Gasteiger partial charge is 0.462 e. The predicted molar refractivity (Wildman–Crippen MR) is 339 cm³/mol. The fourth-order valence-corrected chi connectivity index (χ4v) is 9.10. The van der Waals surface area contributed by atoms with Crippen LogP contribution in [0.25, 0.3) is 0 Å². The number of esters is 3. The van der Waals surface area contributed by atoms with Crippen LogP contribution >= 0.6 is 0 Å². The second kappa shape index (κ2) is 65.6. The summed E-state index contributed by atoms with van der Waals surface area (Å²) in [6.07, 6.45) is 89.5. The molecular weight excluding hydrogens is 961 g/mol. The Morgan fingerprint density at radius 3 is 0.795 bits per heavy atom. The predicted octanol–water partition coefficient (Wildman–Crippen LogP) is 22.6. The van der Waals surface area contributed by atoms with Crippen LogP contribution in [-0.4, -0.2) is 37.2 Å². The van der Waals surface area contributed by atoms with E-state index in [1.54, 1.807) is 0 Å². The van der Waals surface area contributed by atoms with Crippen LogP contribution in [0.1, 0.15) is 310 Å². The molecule has 0 aromatic rings. The van der Waals surface area contributed by atoms with Gasteiger partial charge in [-0.3, -0.25) is 14.4 Å². The lowest BCUT2D eigenvalue weighted by atomic mass is 10.0.